The van der Waals surface area contributed by atoms with Crippen LogP contribution < -0.4 is 4.90 Å². The van der Waals surface area contributed by atoms with Crippen LogP contribution in [0.15, 0.2) is 18.3 Å². The normalized spacial score (nSPS) is 20.3. The molecule has 3 rings (SSSR count). The number of benzene rings is 1. The first kappa shape index (κ1) is 16.1. The lowest BCUT2D eigenvalue weighted by Crippen LogP contribution is -2.59. The molecule has 118 valence electrons. The molecule has 2 aromatic rings. The van der Waals surface area contributed by atoms with Gasteiger partial charge in [0.15, 0.2) is 5.82 Å². The van der Waals surface area contributed by atoms with Gasteiger partial charge in [-0.15, -0.1) is 0 Å². The minimum atomic E-state index is -0.103. The summed E-state index contributed by atoms with van der Waals surface area (Å²) in [5, 5.41) is 14.3. The van der Waals surface area contributed by atoms with E-state index in [1.165, 1.54) is 10.9 Å². The number of halogens is 3. The highest BCUT2D eigenvalue weighted by Gasteiger charge is 2.44. The largest absolute Gasteiger partial charge is 0.292 e. The number of carbonyl (C=O) groups is 1. The van der Waals surface area contributed by atoms with Crippen LogP contribution >= 0.6 is 34.8 Å². The molecule has 0 spiro atoms. The number of rotatable bonds is 2. The fraction of sp³-hybridized carbons (Fsp3) is 0.267. The van der Waals surface area contributed by atoms with Gasteiger partial charge >= 0.3 is 0 Å². The predicted molar refractivity (Wildman–Crippen MR) is 89.4 cm³/mol. The zero-order chi connectivity index (χ0) is 16.9. The SMILES string of the molecule is CC1C(=O)N(c2c(C#N)cnn2-c2ccc(Cl)c(Cl)c2Cl)C1C. The van der Waals surface area contributed by atoms with Crippen molar-refractivity contribution in [2.75, 3.05) is 4.90 Å². The second kappa shape index (κ2) is 5.72. The molecule has 2 unspecified atom stereocenters. The number of amides is 1. The molecule has 1 aliphatic heterocycles. The topological polar surface area (TPSA) is 61.9 Å². The van der Waals surface area contributed by atoms with Gasteiger partial charge in [0.2, 0.25) is 5.91 Å². The standard InChI is InChI=1S/C15H11Cl3N4O/c1-7-8(2)21(15(7)23)14-9(5-19)6-20-22(14)11-4-3-10(16)12(17)13(11)18/h3-4,6-8H,1-2H3. The monoisotopic (exact) mass is 368 g/mol. The fourth-order valence-electron chi connectivity index (χ4n) is 2.57. The Kier molecular flexibility index (Phi) is 4.01. The zero-order valence-corrected chi connectivity index (χ0v) is 14.5. The molecule has 0 N–H and O–H groups in total. The Labute approximate surface area is 148 Å². The number of hydrogen-bond donors (Lipinski definition) is 0. The summed E-state index contributed by atoms with van der Waals surface area (Å²) in [5.74, 6) is 0.226. The second-order valence-corrected chi connectivity index (χ2v) is 6.50. The third-order valence-corrected chi connectivity index (χ3v) is 5.38. The van der Waals surface area contributed by atoms with Crippen molar-refractivity contribution in [1.82, 2.24) is 9.78 Å². The maximum absolute atomic E-state index is 12.2. The Hall–Kier alpha value is -1.74. The number of aromatic nitrogens is 2. The van der Waals surface area contributed by atoms with Crippen molar-refractivity contribution in [3.8, 4) is 11.8 Å². The zero-order valence-electron chi connectivity index (χ0n) is 12.2. The summed E-state index contributed by atoms with van der Waals surface area (Å²) >= 11 is 18.3. The molecule has 0 saturated carbocycles. The Morgan fingerprint density at radius 2 is 1.91 bits per heavy atom. The van der Waals surface area contributed by atoms with Crippen LogP contribution in [0.4, 0.5) is 5.82 Å². The molecular weight excluding hydrogens is 359 g/mol. The first-order valence-electron chi connectivity index (χ1n) is 6.83. The van der Waals surface area contributed by atoms with Crippen molar-refractivity contribution < 1.29 is 4.79 Å². The van der Waals surface area contributed by atoms with E-state index in [1.54, 1.807) is 17.0 Å². The van der Waals surface area contributed by atoms with Crippen molar-refractivity contribution in [2.24, 2.45) is 5.92 Å². The van der Waals surface area contributed by atoms with Crippen LogP contribution in [0.5, 0.6) is 0 Å². The van der Waals surface area contributed by atoms with Crippen molar-refractivity contribution >= 4 is 46.5 Å². The first-order chi connectivity index (χ1) is 10.9. The molecule has 8 heteroatoms. The lowest BCUT2D eigenvalue weighted by atomic mass is 9.90. The van der Waals surface area contributed by atoms with Crippen LogP contribution in [0.1, 0.15) is 19.4 Å². The molecule has 1 fully saturated rings. The van der Waals surface area contributed by atoms with E-state index in [-0.39, 0.29) is 27.9 Å². The molecule has 0 bridgehead atoms. The minimum Gasteiger partial charge on any atom is -0.292 e. The van der Waals surface area contributed by atoms with Crippen molar-refractivity contribution in [3.63, 3.8) is 0 Å². The Morgan fingerprint density at radius 1 is 1.22 bits per heavy atom. The molecule has 1 aromatic heterocycles. The summed E-state index contributed by atoms with van der Waals surface area (Å²) in [4.78, 5) is 13.8. The first-order valence-corrected chi connectivity index (χ1v) is 7.97. The quantitative estimate of drug-likeness (QED) is 0.592. The lowest BCUT2D eigenvalue weighted by Gasteiger charge is -2.43. The van der Waals surface area contributed by atoms with Gasteiger partial charge in [0.25, 0.3) is 0 Å². The predicted octanol–water partition coefficient (Wildman–Crippen LogP) is 4.08. The minimum absolute atomic E-state index is 0.0356. The van der Waals surface area contributed by atoms with E-state index in [0.29, 0.717) is 22.1 Å². The molecule has 5 nitrogen and oxygen atoms in total. The summed E-state index contributed by atoms with van der Waals surface area (Å²) in [7, 11) is 0. The third-order valence-electron chi connectivity index (χ3n) is 4.09. The van der Waals surface area contributed by atoms with Crippen LogP contribution in [0.2, 0.25) is 15.1 Å². The van der Waals surface area contributed by atoms with Gasteiger partial charge in [0, 0.05) is 6.04 Å². The van der Waals surface area contributed by atoms with E-state index >= 15 is 0 Å². The molecule has 1 aliphatic rings. The smallest absolute Gasteiger partial charge is 0.233 e. The maximum atomic E-state index is 12.2. The van der Waals surface area contributed by atoms with Crippen LogP contribution in [-0.2, 0) is 4.79 Å². The number of carbonyl (C=O) groups excluding carboxylic acids is 1. The number of nitrogens with zero attached hydrogens (tertiary/aromatic N) is 4. The molecule has 1 saturated heterocycles. The van der Waals surface area contributed by atoms with E-state index in [2.05, 4.69) is 11.2 Å². The van der Waals surface area contributed by atoms with Crippen LogP contribution in [0.3, 0.4) is 0 Å². The van der Waals surface area contributed by atoms with Gasteiger partial charge in [0.05, 0.1) is 32.9 Å². The Bertz CT molecular complexity index is 855. The van der Waals surface area contributed by atoms with Crippen molar-refractivity contribution in [2.45, 2.75) is 19.9 Å². The van der Waals surface area contributed by atoms with Gasteiger partial charge < -0.3 is 0 Å². The Balaban J connectivity index is 2.20. The van der Waals surface area contributed by atoms with E-state index in [4.69, 9.17) is 34.8 Å². The molecular formula is C15H11Cl3N4O. The molecule has 23 heavy (non-hydrogen) atoms. The molecule has 2 atom stereocenters. The lowest BCUT2D eigenvalue weighted by molar-refractivity contribution is -0.129. The average Bonchev–Trinajstić information content (AvgIpc) is 2.95. The van der Waals surface area contributed by atoms with Crippen LogP contribution in [0, 0.1) is 17.2 Å². The fourth-order valence-corrected chi connectivity index (χ4v) is 3.18. The van der Waals surface area contributed by atoms with Crippen molar-refractivity contribution in [1.29, 1.82) is 5.26 Å². The summed E-state index contributed by atoms with van der Waals surface area (Å²) in [6, 6.07) is 5.26. The summed E-state index contributed by atoms with van der Waals surface area (Å²) < 4.78 is 1.45. The van der Waals surface area contributed by atoms with E-state index in [0.717, 1.165) is 0 Å². The van der Waals surface area contributed by atoms with E-state index < -0.39 is 0 Å². The highest BCUT2D eigenvalue weighted by Crippen LogP contribution is 2.39. The van der Waals surface area contributed by atoms with Gasteiger partial charge in [-0.25, -0.2) is 4.68 Å². The average molecular weight is 370 g/mol. The van der Waals surface area contributed by atoms with Gasteiger partial charge in [-0.1, -0.05) is 41.7 Å². The summed E-state index contributed by atoms with van der Waals surface area (Å²) in [6.07, 6.45) is 1.40. The number of anilines is 1. The number of hydrogen-bond acceptors (Lipinski definition) is 3. The van der Waals surface area contributed by atoms with Gasteiger partial charge in [-0.3, -0.25) is 9.69 Å². The molecule has 1 aromatic carbocycles. The van der Waals surface area contributed by atoms with Crippen LogP contribution in [-0.4, -0.2) is 21.7 Å². The van der Waals surface area contributed by atoms with Gasteiger partial charge in [0.1, 0.15) is 11.6 Å². The third kappa shape index (κ3) is 2.29. The molecule has 1 amide bonds. The van der Waals surface area contributed by atoms with Crippen LogP contribution in [0.25, 0.3) is 5.69 Å². The highest BCUT2D eigenvalue weighted by atomic mass is 35.5. The number of β-lactam (4-membered cyclic amide) rings is 1. The van der Waals surface area contributed by atoms with Gasteiger partial charge in [-0.2, -0.15) is 10.4 Å². The van der Waals surface area contributed by atoms with Gasteiger partial charge in [-0.05, 0) is 19.1 Å². The second-order valence-electron chi connectivity index (χ2n) is 5.34. The molecule has 2 heterocycles. The molecule has 0 aliphatic carbocycles. The number of nitriles is 1. The summed E-state index contributed by atoms with van der Waals surface area (Å²) in [5.41, 5.74) is 0.747. The van der Waals surface area contributed by atoms with Crippen molar-refractivity contribution in [3.05, 3.63) is 39.0 Å². The summed E-state index contributed by atoms with van der Waals surface area (Å²) in [6.45, 7) is 3.77. The highest BCUT2D eigenvalue weighted by molar-refractivity contribution is 6.48. The Morgan fingerprint density at radius 3 is 2.52 bits per heavy atom. The molecule has 0 radical (unpaired) electrons. The van der Waals surface area contributed by atoms with E-state index in [9.17, 15) is 10.1 Å². The maximum Gasteiger partial charge on any atom is 0.233 e. The van der Waals surface area contributed by atoms with E-state index in [1.807, 2.05) is 13.8 Å².